The summed E-state index contributed by atoms with van der Waals surface area (Å²) in [5, 5.41) is 11.4. The van der Waals surface area contributed by atoms with E-state index in [4.69, 9.17) is 0 Å². The third-order valence-corrected chi connectivity index (χ3v) is 5.77. The van der Waals surface area contributed by atoms with Gasteiger partial charge in [-0.3, -0.25) is 9.69 Å². The molecular weight excluding hydrogens is 422 g/mol. The van der Waals surface area contributed by atoms with E-state index in [0.29, 0.717) is 17.5 Å². The van der Waals surface area contributed by atoms with Crippen molar-refractivity contribution in [1.29, 1.82) is 0 Å². The van der Waals surface area contributed by atoms with Gasteiger partial charge in [0, 0.05) is 4.47 Å². The van der Waals surface area contributed by atoms with Crippen LogP contribution in [0.2, 0.25) is 0 Å². The summed E-state index contributed by atoms with van der Waals surface area (Å²) in [6.07, 6.45) is 1.69. The molecule has 0 radical (unpaired) electrons. The number of amides is 1. The smallest absolute Gasteiger partial charge is 0.239 e. The summed E-state index contributed by atoms with van der Waals surface area (Å²) in [6, 6.07) is 22.2. The lowest BCUT2D eigenvalue weighted by atomic mass is 10.0. The van der Waals surface area contributed by atoms with Crippen LogP contribution in [0.25, 0.3) is 10.8 Å². The molecule has 0 aliphatic carbocycles. The predicted molar refractivity (Wildman–Crippen MR) is 116 cm³/mol. The molecule has 0 atom stereocenters. The van der Waals surface area contributed by atoms with Gasteiger partial charge in [0.05, 0.1) is 18.5 Å². The summed E-state index contributed by atoms with van der Waals surface area (Å²) in [7, 11) is 0. The number of amidine groups is 1. The molecule has 0 bridgehead atoms. The van der Waals surface area contributed by atoms with Crippen molar-refractivity contribution in [2.24, 2.45) is 10.2 Å². The van der Waals surface area contributed by atoms with Crippen molar-refractivity contribution in [3.05, 3.63) is 82.3 Å². The highest BCUT2D eigenvalue weighted by molar-refractivity contribution is 9.10. The van der Waals surface area contributed by atoms with Crippen molar-refractivity contribution in [2.45, 2.75) is 6.54 Å². The van der Waals surface area contributed by atoms with Gasteiger partial charge in [-0.25, -0.2) is 0 Å². The van der Waals surface area contributed by atoms with Crippen molar-refractivity contribution in [3.8, 4) is 0 Å². The summed E-state index contributed by atoms with van der Waals surface area (Å²) in [5.41, 5.74) is 2.06. The first-order valence-electron chi connectivity index (χ1n) is 8.47. The molecular formula is C21H16BrN3OS. The second-order valence-corrected chi connectivity index (χ2v) is 7.94. The van der Waals surface area contributed by atoms with E-state index in [1.165, 1.54) is 17.1 Å². The van der Waals surface area contributed by atoms with Crippen molar-refractivity contribution < 1.29 is 4.79 Å². The Morgan fingerprint density at radius 2 is 1.81 bits per heavy atom. The summed E-state index contributed by atoms with van der Waals surface area (Å²) in [4.78, 5) is 14.1. The number of fused-ring (bicyclic) bond motifs is 1. The van der Waals surface area contributed by atoms with Crippen molar-refractivity contribution in [2.75, 3.05) is 5.75 Å². The van der Waals surface area contributed by atoms with Crippen LogP contribution in [0.1, 0.15) is 11.1 Å². The predicted octanol–water partition coefficient (Wildman–Crippen LogP) is 5.07. The van der Waals surface area contributed by atoms with Crippen LogP contribution in [-0.4, -0.2) is 27.9 Å². The van der Waals surface area contributed by atoms with Gasteiger partial charge in [-0.05, 0) is 34.0 Å². The maximum Gasteiger partial charge on any atom is 0.239 e. The third-order valence-electron chi connectivity index (χ3n) is 4.29. The Bertz CT molecular complexity index is 1040. The first-order chi connectivity index (χ1) is 13.2. The van der Waals surface area contributed by atoms with Gasteiger partial charge in [0.25, 0.3) is 0 Å². The van der Waals surface area contributed by atoms with E-state index >= 15 is 0 Å². The highest BCUT2D eigenvalue weighted by atomic mass is 79.9. The molecule has 1 aliphatic heterocycles. The van der Waals surface area contributed by atoms with E-state index < -0.39 is 0 Å². The van der Waals surface area contributed by atoms with Crippen LogP contribution in [0.4, 0.5) is 0 Å². The lowest BCUT2D eigenvalue weighted by Crippen LogP contribution is -2.28. The highest BCUT2D eigenvalue weighted by Gasteiger charge is 2.28. The monoisotopic (exact) mass is 437 g/mol. The molecule has 3 aromatic rings. The average molecular weight is 438 g/mol. The normalized spacial score (nSPS) is 16.1. The zero-order chi connectivity index (χ0) is 18.6. The van der Waals surface area contributed by atoms with E-state index in [0.717, 1.165) is 21.0 Å². The number of carbonyl (C=O) groups excluding carboxylic acids is 1. The molecule has 3 aromatic carbocycles. The Balaban J connectivity index is 1.57. The standard InChI is InChI=1S/C21H16BrN3OS/c22-18-10-8-15(9-11-18)12-23-24-21-25(20(26)14-27-21)13-17-6-3-5-16-4-1-2-7-19(16)17/h1-12H,13-14H2. The number of nitrogens with zero attached hydrogens (tertiary/aromatic N) is 3. The van der Waals surface area contributed by atoms with E-state index in [1.807, 2.05) is 42.5 Å². The van der Waals surface area contributed by atoms with E-state index in [9.17, 15) is 4.79 Å². The average Bonchev–Trinajstić information content (AvgIpc) is 3.03. The van der Waals surface area contributed by atoms with Gasteiger partial charge in [0.1, 0.15) is 0 Å². The van der Waals surface area contributed by atoms with Crippen molar-refractivity contribution >= 4 is 55.8 Å². The zero-order valence-electron chi connectivity index (χ0n) is 14.4. The van der Waals surface area contributed by atoms with Crippen LogP contribution in [0.5, 0.6) is 0 Å². The topological polar surface area (TPSA) is 45.0 Å². The van der Waals surface area contributed by atoms with Gasteiger partial charge in [-0.15, -0.1) is 5.10 Å². The number of benzene rings is 3. The lowest BCUT2D eigenvalue weighted by molar-refractivity contribution is -0.124. The molecule has 27 heavy (non-hydrogen) atoms. The minimum Gasteiger partial charge on any atom is -0.285 e. The van der Waals surface area contributed by atoms with Crippen molar-refractivity contribution in [3.63, 3.8) is 0 Å². The number of rotatable bonds is 4. The minimum absolute atomic E-state index is 0.0607. The Kier molecular flexibility index (Phi) is 5.36. The van der Waals surface area contributed by atoms with E-state index in [2.05, 4.69) is 50.4 Å². The van der Waals surface area contributed by atoms with Crippen LogP contribution in [0.3, 0.4) is 0 Å². The minimum atomic E-state index is 0.0607. The summed E-state index contributed by atoms with van der Waals surface area (Å²) < 4.78 is 1.02. The molecule has 6 heteroatoms. The third kappa shape index (κ3) is 4.12. The molecule has 1 heterocycles. The molecule has 1 fully saturated rings. The summed E-state index contributed by atoms with van der Waals surface area (Å²) in [6.45, 7) is 0.500. The van der Waals surface area contributed by atoms with Gasteiger partial charge in [0.2, 0.25) is 5.91 Å². The molecule has 0 spiro atoms. The lowest BCUT2D eigenvalue weighted by Gasteiger charge is -2.16. The number of hydrogen-bond acceptors (Lipinski definition) is 4. The number of hydrogen-bond donors (Lipinski definition) is 0. The van der Waals surface area contributed by atoms with Crippen LogP contribution < -0.4 is 0 Å². The summed E-state index contributed by atoms with van der Waals surface area (Å²) in [5.74, 6) is 0.461. The quantitative estimate of drug-likeness (QED) is 0.422. The molecule has 0 aromatic heterocycles. The van der Waals surface area contributed by atoms with Gasteiger partial charge in [-0.1, -0.05) is 82.3 Å². The SMILES string of the molecule is O=C1CSC(=NN=Cc2ccc(Br)cc2)N1Cc1cccc2ccccc12. The van der Waals surface area contributed by atoms with Crippen LogP contribution in [0, 0.1) is 0 Å². The van der Waals surface area contributed by atoms with E-state index in [-0.39, 0.29) is 5.91 Å². The van der Waals surface area contributed by atoms with Crippen molar-refractivity contribution in [1.82, 2.24) is 4.90 Å². The molecule has 1 aliphatic rings. The van der Waals surface area contributed by atoms with Gasteiger partial charge in [0.15, 0.2) is 5.17 Å². The Hall–Kier alpha value is -2.44. The Morgan fingerprint density at radius 1 is 1.04 bits per heavy atom. The molecule has 0 N–H and O–H groups in total. The molecule has 134 valence electrons. The fourth-order valence-corrected chi connectivity index (χ4v) is 4.02. The van der Waals surface area contributed by atoms with Gasteiger partial charge >= 0.3 is 0 Å². The number of thioether (sulfide) groups is 1. The fourth-order valence-electron chi connectivity index (χ4n) is 2.92. The van der Waals surface area contributed by atoms with Gasteiger partial charge in [-0.2, -0.15) is 5.10 Å². The second-order valence-electron chi connectivity index (χ2n) is 6.09. The maximum absolute atomic E-state index is 12.4. The van der Waals surface area contributed by atoms with Crippen LogP contribution in [-0.2, 0) is 11.3 Å². The molecule has 4 rings (SSSR count). The number of carbonyl (C=O) groups is 1. The second kappa shape index (κ2) is 8.06. The molecule has 0 unspecified atom stereocenters. The molecule has 1 saturated heterocycles. The van der Waals surface area contributed by atoms with Crippen LogP contribution in [0.15, 0.2) is 81.4 Å². The highest BCUT2D eigenvalue weighted by Crippen LogP contribution is 2.25. The molecule has 1 amide bonds. The molecule has 4 nitrogen and oxygen atoms in total. The van der Waals surface area contributed by atoms with Crippen LogP contribution >= 0.6 is 27.7 Å². The van der Waals surface area contributed by atoms with E-state index in [1.54, 1.807) is 11.1 Å². The number of halogens is 1. The summed E-state index contributed by atoms with van der Waals surface area (Å²) >= 11 is 4.84. The fraction of sp³-hybridized carbons (Fsp3) is 0.0952. The maximum atomic E-state index is 12.4. The first kappa shape index (κ1) is 17.9. The Morgan fingerprint density at radius 3 is 2.67 bits per heavy atom. The Labute approximate surface area is 170 Å². The molecule has 0 saturated carbocycles. The zero-order valence-corrected chi connectivity index (χ0v) is 16.8. The largest absolute Gasteiger partial charge is 0.285 e. The first-order valence-corrected chi connectivity index (χ1v) is 10.2. The van der Waals surface area contributed by atoms with Gasteiger partial charge < -0.3 is 0 Å².